The van der Waals surface area contributed by atoms with Crippen LogP contribution in [0.5, 0.6) is 0 Å². The molecule has 0 amide bonds. The Morgan fingerprint density at radius 2 is 1.59 bits per heavy atom. The summed E-state index contributed by atoms with van der Waals surface area (Å²) in [6.45, 7) is 4.49. The van der Waals surface area contributed by atoms with Crippen molar-refractivity contribution in [2.45, 2.75) is 6.54 Å². The third kappa shape index (κ3) is 2.48. The van der Waals surface area contributed by atoms with Gasteiger partial charge in [0.2, 0.25) is 0 Å². The van der Waals surface area contributed by atoms with Crippen LogP contribution in [0, 0.1) is 0 Å². The van der Waals surface area contributed by atoms with E-state index in [0.717, 1.165) is 32.8 Å². The molecule has 1 fully saturated rings. The zero-order chi connectivity index (χ0) is 14.8. The van der Waals surface area contributed by atoms with Gasteiger partial charge in [-0.25, -0.2) is 0 Å². The van der Waals surface area contributed by atoms with E-state index in [1.165, 1.54) is 22.2 Å². The topological polar surface area (TPSA) is 17.4 Å². The molecular weight excluding hydrogens is 272 g/mol. The summed E-state index contributed by atoms with van der Waals surface area (Å²) >= 11 is 0. The molecule has 0 bridgehead atoms. The highest BCUT2D eigenvalue weighted by Crippen LogP contribution is 2.30. The van der Waals surface area contributed by atoms with Crippen LogP contribution in [0.25, 0.3) is 10.9 Å². The molecule has 112 valence electrons. The fourth-order valence-electron chi connectivity index (χ4n) is 3.19. The van der Waals surface area contributed by atoms with E-state index >= 15 is 0 Å². The van der Waals surface area contributed by atoms with E-state index in [2.05, 4.69) is 70.3 Å². The lowest BCUT2D eigenvalue weighted by atomic mass is 10.2. The smallest absolute Gasteiger partial charge is 0.0642 e. The molecule has 0 aliphatic carbocycles. The van der Waals surface area contributed by atoms with Crippen molar-refractivity contribution in [3.8, 4) is 0 Å². The normalized spacial score (nSPS) is 15.4. The average molecular weight is 292 g/mol. The maximum Gasteiger partial charge on any atom is 0.0642 e. The second kappa shape index (κ2) is 5.85. The third-order valence-corrected chi connectivity index (χ3v) is 4.32. The summed E-state index contributed by atoms with van der Waals surface area (Å²) in [4.78, 5) is 2.44. The lowest BCUT2D eigenvalue weighted by Crippen LogP contribution is -2.36. The summed E-state index contributed by atoms with van der Waals surface area (Å²) in [7, 11) is 0. The van der Waals surface area contributed by atoms with Crippen LogP contribution in [-0.2, 0) is 11.3 Å². The van der Waals surface area contributed by atoms with Gasteiger partial charge in [-0.3, -0.25) is 0 Å². The molecule has 0 unspecified atom stereocenters. The minimum absolute atomic E-state index is 0.818. The number of para-hydroxylation sites is 1. The number of hydrogen-bond acceptors (Lipinski definition) is 2. The van der Waals surface area contributed by atoms with Crippen LogP contribution in [0.15, 0.2) is 60.8 Å². The van der Waals surface area contributed by atoms with Crippen molar-refractivity contribution in [3.05, 3.63) is 66.4 Å². The van der Waals surface area contributed by atoms with Gasteiger partial charge in [0.1, 0.15) is 0 Å². The molecule has 0 radical (unpaired) electrons. The zero-order valence-electron chi connectivity index (χ0n) is 12.6. The number of nitrogens with zero attached hydrogens (tertiary/aromatic N) is 2. The predicted octanol–water partition coefficient (Wildman–Crippen LogP) is 3.53. The molecule has 3 heteroatoms. The van der Waals surface area contributed by atoms with Gasteiger partial charge in [0, 0.05) is 31.2 Å². The van der Waals surface area contributed by atoms with Crippen LogP contribution >= 0.6 is 0 Å². The van der Waals surface area contributed by atoms with Crippen molar-refractivity contribution in [2.75, 3.05) is 31.2 Å². The lowest BCUT2D eigenvalue weighted by molar-refractivity contribution is 0.123. The SMILES string of the molecule is c1ccc(Cn2cc(N3CCOCC3)c3ccccc32)cc1. The molecule has 2 heterocycles. The van der Waals surface area contributed by atoms with Crippen LogP contribution in [0.3, 0.4) is 0 Å². The van der Waals surface area contributed by atoms with Gasteiger partial charge in [-0.15, -0.1) is 0 Å². The van der Waals surface area contributed by atoms with E-state index in [0.29, 0.717) is 0 Å². The minimum Gasteiger partial charge on any atom is -0.378 e. The van der Waals surface area contributed by atoms with Gasteiger partial charge >= 0.3 is 0 Å². The Kier molecular flexibility index (Phi) is 3.57. The maximum absolute atomic E-state index is 5.49. The summed E-state index contributed by atoms with van der Waals surface area (Å²) < 4.78 is 7.84. The van der Waals surface area contributed by atoms with Gasteiger partial charge in [-0.2, -0.15) is 0 Å². The summed E-state index contributed by atoms with van der Waals surface area (Å²) in [5, 5.41) is 1.33. The monoisotopic (exact) mass is 292 g/mol. The zero-order valence-corrected chi connectivity index (χ0v) is 12.6. The van der Waals surface area contributed by atoms with Crippen LogP contribution in [0.2, 0.25) is 0 Å². The van der Waals surface area contributed by atoms with E-state index in [1.807, 2.05) is 0 Å². The molecule has 22 heavy (non-hydrogen) atoms. The first kappa shape index (κ1) is 13.4. The third-order valence-electron chi connectivity index (χ3n) is 4.32. The van der Waals surface area contributed by atoms with Crippen LogP contribution in [-0.4, -0.2) is 30.9 Å². The standard InChI is InChI=1S/C19H20N2O/c1-2-6-16(7-3-1)14-21-15-19(20-10-12-22-13-11-20)17-8-4-5-9-18(17)21/h1-9,15H,10-14H2. The van der Waals surface area contributed by atoms with Gasteiger partial charge in [0.05, 0.1) is 24.4 Å². The van der Waals surface area contributed by atoms with E-state index in [1.54, 1.807) is 0 Å². The number of hydrogen-bond donors (Lipinski definition) is 0. The lowest BCUT2D eigenvalue weighted by Gasteiger charge is -2.28. The van der Waals surface area contributed by atoms with Crippen molar-refractivity contribution in [3.63, 3.8) is 0 Å². The van der Waals surface area contributed by atoms with Crippen molar-refractivity contribution >= 4 is 16.6 Å². The first-order valence-electron chi connectivity index (χ1n) is 7.86. The molecule has 0 spiro atoms. The van der Waals surface area contributed by atoms with Crippen molar-refractivity contribution in [1.29, 1.82) is 0 Å². The van der Waals surface area contributed by atoms with Gasteiger partial charge in [0.25, 0.3) is 0 Å². The molecule has 0 N–H and O–H groups in total. The Hall–Kier alpha value is -2.26. The molecule has 3 aromatic rings. The summed E-state index contributed by atoms with van der Waals surface area (Å²) in [6, 6.07) is 19.3. The molecular formula is C19H20N2O. The highest BCUT2D eigenvalue weighted by molar-refractivity contribution is 5.93. The Morgan fingerprint density at radius 3 is 2.41 bits per heavy atom. The second-order valence-corrected chi connectivity index (χ2v) is 5.74. The number of benzene rings is 2. The quantitative estimate of drug-likeness (QED) is 0.735. The molecule has 2 aromatic carbocycles. The molecule has 1 aromatic heterocycles. The average Bonchev–Trinajstić information content (AvgIpc) is 2.96. The minimum atomic E-state index is 0.818. The van der Waals surface area contributed by atoms with Crippen LogP contribution < -0.4 is 4.90 Å². The van der Waals surface area contributed by atoms with Gasteiger partial charge in [-0.1, -0.05) is 48.5 Å². The van der Waals surface area contributed by atoms with Gasteiger partial charge < -0.3 is 14.2 Å². The van der Waals surface area contributed by atoms with Crippen molar-refractivity contribution < 1.29 is 4.74 Å². The fourth-order valence-corrected chi connectivity index (χ4v) is 3.19. The Bertz CT molecular complexity index is 757. The Balaban J connectivity index is 1.75. The van der Waals surface area contributed by atoms with E-state index in [4.69, 9.17) is 4.74 Å². The van der Waals surface area contributed by atoms with Gasteiger partial charge in [0.15, 0.2) is 0 Å². The Morgan fingerprint density at radius 1 is 0.864 bits per heavy atom. The number of aromatic nitrogens is 1. The first-order chi connectivity index (χ1) is 10.9. The number of morpholine rings is 1. The Labute approximate surface area is 130 Å². The molecule has 1 saturated heterocycles. The second-order valence-electron chi connectivity index (χ2n) is 5.74. The molecule has 1 aliphatic heterocycles. The molecule has 1 aliphatic rings. The first-order valence-corrected chi connectivity index (χ1v) is 7.86. The largest absolute Gasteiger partial charge is 0.378 e. The van der Waals surface area contributed by atoms with Gasteiger partial charge in [-0.05, 0) is 11.6 Å². The molecule has 0 saturated carbocycles. The predicted molar refractivity (Wildman–Crippen MR) is 90.5 cm³/mol. The summed E-state index contributed by atoms with van der Waals surface area (Å²) in [5.41, 5.74) is 3.96. The number of ether oxygens (including phenoxy) is 1. The maximum atomic E-state index is 5.49. The van der Waals surface area contributed by atoms with Crippen molar-refractivity contribution in [1.82, 2.24) is 4.57 Å². The summed E-state index contributed by atoms with van der Waals surface area (Å²) in [6.07, 6.45) is 2.29. The van der Waals surface area contributed by atoms with E-state index in [9.17, 15) is 0 Å². The molecule has 0 atom stereocenters. The summed E-state index contributed by atoms with van der Waals surface area (Å²) in [5.74, 6) is 0. The molecule has 3 nitrogen and oxygen atoms in total. The van der Waals surface area contributed by atoms with Crippen LogP contribution in [0.1, 0.15) is 5.56 Å². The van der Waals surface area contributed by atoms with E-state index < -0.39 is 0 Å². The number of fused-ring (bicyclic) bond motifs is 1. The van der Waals surface area contributed by atoms with Crippen molar-refractivity contribution in [2.24, 2.45) is 0 Å². The number of anilines is 1. The fraction of sp³-hybridized carbons (Fsp3) is 0.263. The number of rotatable bonds is 3. The molecule has 4 rings (SSSR count). The highest BCUT2D eigenvalue weighted by Gasteiger charge is 2.17. The highest BCUT2D eigenvalue weighted by atomic mass is 16.5. The van der Waals surface area contributed by atoms with E-state index in [-0.39, 0.29) is 0 Å². The van der Waals surface area contributed by atoms with Crippen LogP contribution in [0.4, 0.5) is 5.69 Å².